The molecule has 21 heavy (non-hydrogen) atoms. The van der Waals surface area contributed by atoms with Crippen molar-refractivity contribution < 1.29 is 14.6 Å². The van der Waals surface area contributed by atoms with E-state index in [0.717, 1.165) is 42.9 Å². The summed E-state index contributed by atoms with van der Waals surface area (Å²) in [6.07, 6.45) is 4.04. The average molecular weight is 309 g/mol. The van der Waals surface area contributed by atoms with Crippen LogP contribution in [0.15, 0.2) is 23.1 Å². The van der Waals surface area contributed by atoms with Gasteiger partial charge in [-0.25, -0.2) is 0 Å². The monoisotopic (exact) mass is 309 g/mol. The van der Waals surface area contributed by atoms with Gasteiger partial charge in [-0.2, -0.15) is 0 Å². The fourth-order valence-electron chi connectivity index (χ4n) is 3.24. The third-order valence-electron chi connectivity index (χ3n) is 4.52. The lowest BCUT2D eigenvalue weighted by molar-refractivity contribution is 0.0104. The van der Waals surface area contributed by atoms with Crippen LogP contribution in [0.1, 0.15) is 25.7 Å². The summed E-state index contributed by atoms with van der Waals surface area (Å²) >= 11 is 1.80. The molecule has 0 saturated heterocycles. The molecule has 2 atom stereocenters. The third kappa shape index (κ3) is 3.30. The number of rotatable bonds is 5. The second-order valence-corrected chi connectivity index (χ2v) is 7.01. The van der Waals surface area contributed by atoms with E-state index in [2.05, 4.69) is 6.07 Å². The summed E-state index contributed by atoms with van der Waals surface area (Å²) in [5, 5.41) is 10.4. The summed E-state index contributed by atoms with van der Waals surface area (Å²) in [5.74, 6) is 3.00. The van der Waals surface area contributed by atoms with E-state index in [-0.39, 0.29) is 0 Å². The number of nitrogens with two attached hydrogens (primary N) is 1. The predicted molar refractivity (Wildman–Crippen MR) is 84.1 cm³/mol. The Bertz CT molecular complexity index is 496. The summed E-state index contributed by atoms with van der Waals surface area (Å²) < 4.78 is 11.1. The van der Waals surface area contributed by atoms with Gasteiger partial charge in [-0.05, 0) is 49.1 Å². The zero-order chi connectivity index (χ0) is 14.7. The Balaban J connectivity index is 1.54. The van der Waals surface area contributed by atoms with E-state index < -0.39 is 5.60 Å². The van der Waals surface area contributed by atoms with E-state index in [0.29, 0.717) is 25.7 Å². The maximum absolute atomic E-state index is 10.4. The van der Waals surface area contributed by atoms with Crippen LogP contribution in [0.2, 0.25) is 0 Å². The van der Waals surface area contributed by atoms with Gasteiger partial charge in [0.25, 0.3) is 0 Å². The second kappa shape index (κ2) is 6.46. The normalized spacial score (nSPS) is 27.8. The number of hydrogen-bond acceptors (Lipinski definition) is 5. The number of benzene rings is 1. The van der Waals surface area contributed by atoms with Crippen LogP contribution in [-0.4, -0.2) is 36.2 Å². The molecule has 2 aliphatic rings. The van der Waals surface area contributed by atoms with Gasteiger partial charge in [0, 0.05) is 11.4 Å². The number of thioether (sulfide) groups is 1. The summed E-state index contributed by atoms with van der Waals surface area (Å²) in [7, 11) is 0. The molecule has 0 spiro atoms. The Hall–Kier alpha value is -0.910. The minimum atomic E-state index is -0.632. The van der Waals surface area contributed by atoms with Gasteiger partial charge in [-0.1, -0.05) is 6.42 Å². The Kier molecular flexibility index (Phi) is 4.62. The maximum atomic E-state index is 10.4. The molecular weight excluding hydrogens is 286 g/mol. The zero-order valence-electron chi connectivity index (χ0n) is 12.2. The second-order valence-electron chi connectivity index (χ2n) is 5.84. The molecule has 1 aliphatic carbocycles. The van der Waals surface area contributed by atoms with Gasteiger partial charge in [-0.15, -0.1) is 11.8 Å². The van der Waals surface area contributed by atoms with Crippen molar-refractivity contribution in [3.8, 4) is 11.5 Å². The van der Waals surface area contributed by atoms with Crippen molar-refractivity contribution in [1.29, 1.82) is 0 Å². The van der Waals surface area contributed by atoms with Crippen LogP contribution < -0.4 is 15.2 Å². The van der Waals surface area contributed by atoms with E-state index in [9.17, 15) is 5.11 Å². The molecular formula is C16H23NO3S. The van der Waals surface area contributed by atoms with Gasteiger partial charge < -0.3 is 20.3 Å². The van der Waals surface area contributed by atoms with Crippen LogP contribution in [0.3, 0.4) is 0 Å². The van der Waals surface area contributed by atoms with E-state index >= 15 is 0 Å². The molecule has 1 aromatic rings. The largest absolute Gasteiger partial charge is 0.486 e. The van der Waals surface area contributed by atoms with Gasteiger partial charge in [0.2, 0.25) is 0 Å². The highest BCUT2D eigenvalue weighted by molar-refractivity contribution is 7.99. The topological polar surface area (TPSA) is 64.7 Å². The van der Waals surface area contributed by atoms with E-state index in [1.54, 1.807) is 11.8 Å². The van der Waals surface area contributed by atoms with Gasteiger partial charge in [-0.3, -0.25) is 0 Å². The first-order valence-electron chi connectivity index (χ1n) is 7.66. The first kappa shape index (κ1) is 15.0. The van der Waals surface area contributed by atoms with Crippen LogP contribution in [0.5, 0.6) is 11.5 Å². The molecule has 0 aromatic heterocycles. The Morgan fingerprint density at radius 3 is 2.90 bits per heavy atom. The van der Waals surface area contributed by atoms with Crippen LogP contribution in [0, 0.1) is 5.92 Å². The highest BCUT2D eigenvalue weighted by Crippen LogP contribution is 2.39. The first-order valence-corrected chi connectivity index (χ1v) is 8.65. The lowest BCUT2D eigenvalue weighted by Crippen LogP contribution is -2.41. The maximum Gasteiger partial charge on any atom is 0.162 e. The molecule has 5 heteroatoms. The SMILES string of the molecule is NCC1(O)CCCC1CCSc1ccc2c(c1)OCCO2. The lowest BCUT2D eigenvalue weighted by atomic mass is 9.89. The molecule has 1 aliphatic heterocycles. The molecule has 1 aromatic carbocycles. The number of hydrogen-bond donors (Lipinski definition) is 2. The minimum Gasteiger partial charge on any atom is -0.486 e. The smallest absolute Gasteiger partial charge is 0.162 e. The van der Waals surface area contributed by atoms with E-state index in [4.69, 9.17) is 15.2 Å². The molecule has 116 valence electrons. The average Bonchev–Trinajstić information content (AvgIpc) is 2.89. The minimum absolute atomic E-state index is 0.340. The molecule has 4 nitrogen and oxygen atoms in total. The molecule has 1 fully saturated rings. The number of aliphatic hydroxyl groups is 1. The lowest BCUT2D eigenvalue weighted by Gasteiger charge is -2.28. The highest BCUT2D eigenvalue weighted by Gasteiger charge is 2.39. The summed E-state index contributed by atoms with van der Waals surface area (Å²) in [6.45, 7) is 1.62. The van der Waals surface area contributed by atoms with Crippen LogP contribution in [0.25, 0.3) is 0 Å². The number of ether oxygens (including phenoxy) is 2. The Morgan fingerprint density at radius 1 is 1.29 bits per heavy atom. The van der Waals surface area contributed by atoms with Crippen molar-refractivity contribution in [2.75, 3.05) is 25.5 Å². The van der Waals surface area contributed by atoms with Crippen molar-refractivity contribution in [2.24, 2.45) is 11.7 Å². The summed E-state index contributed by atoms with van der Waals surface area (Å²) in [4.78, 5) is 1.19. The first-order chi connectivity index (χ1) is 10.2. The standard InChI is InChI=1S/C16H23NO3S/c17-11-16(18)6-1-2-12(16)5-9-21-13-3-4-14-15(10-13)20-8-7-19-14/h3-4,10,12,18H,1-2,5-9,11,17H2. The van der Waals surface area contributed by atoms with Crippen molar-refractivity contribution in [3.63, 3.8) is 0 Å². The molecule has 3 N–H and O–H groups in total. The van der Waals surface area contributed by atoms with Crippen molar-refractivity contribution in [1.82, 2.24) is 0 Å². The van der Waals surface area contributed by atoms with Crippen LogP contribution >= 0.6 is 11.8 Å². The number of fused-ring (bicyclic) bond motifs is 1. The molecule has 0 radical (unpaired) electrons. The van der Waals surface area contributed by atoms with Gasteiger partial charge in [0.05, 0.1) is 5.60 Å². The van der Waals surface area contributed by atoms with Gasteiger partial charge >= 0.3 is 0 Å². The van der Waals surface area contributed by atoms with Crippen LogP contribution in [0.4, 0.5) is 0 Å². The van der Waals surface area contributed by atoms with Crippen molar-refractivity contribution >= 4 is 11.8 Å². The van der Waals surface area contributed by atoms with Gasteiger partial charge in [0.1, 0.15) is 13.2 Å². The molecule has 3 rings (SSSR count). The fourth-order valence-corrected chi connectivity index (χ4v) is 4.23. The van der Waals surface area contributed by atoms with Crippen LogP contribution in [-0.2, 0) is 0 Å². The van der Waals surface area contributed by atoms with E-state index in [1.807, 2.05) is 12.1 Å². The third-order valence-corrected chi connectivity index (χ3v) is 5.55. The summed E-state index contributed by atoms with van der Waals surface area (Å²) in [5.41, 5.74) is 5.10. The summed E-state index contributed by atoms with van der Waals surface area (Å²) in [6, 6.07) is 6.09. The predicted octanol–water partition coefficient (Wildman–Crippen LogP) is 2.43. The molecule has 1 heterocycles. The van der Waals surface area contributed by atoms with Gasteiger partial charge in [0.15, 0.2) is 11.5 Å². The van der Waals surface area contributed by atoms with Crippen molar-refractivity contribution in [3.05, 3.63) is 18.2 Å². The fraction of sp³-hybridized carbons (Fsp3) is 0.625. The molecule has 0 bridgehead atoms. The zero-order valence-corrected chi connectivity index (χ0v) is 13.0. The molecule has 1 saturated carbocycles. The quantitative estimate of drug-likeness (QED) is 0.818. The Labute approximate surface area is 130 Å². The highest BCUT2D eigenvalue weighted by atomic mass is 32.2. The van der Waals surface area contributed by atoms with Crippen molar-refractivity contribution in [2.45, 2.75) is 36.2 Å². The molecule has 0 amide bonds. The Morgan fingerprint density at radius 2 is 2.10 bits per heavy atom. The molecule has 2 unspecified atom stereocenters. The van der Waals surface area contributed by atoms with E-state index in [1.165, 1.54) is 4.90 Å².